The number of aliphatic imine (C=N–C) groups is 1. The highest BCUT2D eigenvalue weighted by Crippen LogP contribution is 2.24. The number of methoxy groups -OCH3 is 1. The molecule has 4 rings (SSSR count). The monoisotopic (exact) mass is 546 g/mol. The van der Waals surface area contributed by atoms with Gasteiger partial charge in [-0.1, -0.05) is 48.5 Å². The van der Waals surface area contributed by atoms with E-state index in [1.807, 2.05) is 11.7 Å². The van der Waals surface area contributed by atoms with Gasteiger partial charge in [0.05, 0.1) is 13.2 Å². The lowest BCUT2D eigenvalue weighted by molar-refractivity contribution is 0.157. The molecule has 32 heavy (non-hydrogen) atoms. The molecule has 1 unspecified atom stereocenters. The molecule has 1 aliphatic rings. The zero-order valence-corrected chi connectivity index (χ0v) is 21.0. The fraction of sp³-hybridized carbons (Fsp3) is 0.375. The highest BCUT2D eigenvalue weighted by Gasteiger charge is 2.24. The molecule has 2 aromatic carbocycles. The van der Waals surface area contributed by atoms with Crippen LogP contribution in [-0.4, -0.2) is 59.5 Å². The summed E-state index contributed by atoms with van der Waals surface area (Å²) in [5.74, 6) is 1.53. The van der Waals surface area contributed by atoms with Crippen LogP contribution in [0.4, 0.5) is 0 Å². The normalized spacial score (nSPS) is 16.1. The van der Waals surface area contributed by atoms with Crippen molar-refractivity contribution < 1.29 is 4.74 Å². The van der Waals surface area contributed by atoms with E-state index in [4.69, 9.17) is 4.74 Å². The summed E-state index contributed by atoms with van der Waals surface area (Å²) in [7, 11) is 3.62. The van der Waals surface area contributed by atoms with Crippen molar-refractivity contribution in [2.75, 3.05) is 33.9 Å². The van der Waals surface area contributed by atoms with Crippen LogP contribution in [0, 0.1) is 5.92 Å². The molecule has 0 spiro atoms. The van der Waals surface area contributed by atoms with E-state index >= 15 is 0 Å². The van der Waals surface area contributed by atoms with Crippen molar-refractivity contribution in [1.82, 2.24) is 25.0 Å². The van der Waals surface area contributed by atoms with Crippen LogP contribution in [0.1, 0.15) is 17.5 Å². The second kappa shape index (κ2) is 12.0. The standard InChI is InChI=1S/C24H30N6O.HI/c1-25-24(29-12-11-20(14-29)16-31-2)27-13-22-5-3-4-6-23(22)21-9-7-19(8-10-21)15-30-18-26-17-28-30;/h3-10,17-18,20H,11-16H2,1-2H3,(H,25,27);1H. The number of aromatic nitrogens is 3. The van der Waals surface area contributed by atoms with Gasteiger partial charge in [0, 0.05) is 39.7 Å². The average Bonchev–Trinajstić information content (AvgIpc) is 3.48. The molecule has 1 N–H and O–H groups in total. The Labute approximate surface area is 206 Å². The minimum absolute atomic E-state index is 0. The number of likely N-dealkylation sites (tertiary alicyclic amines) is 1. The Morgan fingerprint density at radius 2 is 2.00 bits per heavy atom. The Bertz CT molecular complexity index is 990. The molecule has 1 saturated heterocycles. The van der Waals surface area contributed by atoms with E-state index in [9.17, 15) is 0 Å². The molecule has 2 heterocycles. The van der Waals surface area contributed by atoms with Crippen LogP contribution in [0.5, 0.6) is 0 Å². The second-order valence-electron chi connectivity index (χ2n) is 7.90. The van der Waals surface area contributed by atoms with Gasteiger partial charge in [0.2, 0.25) is 0 Å². The molecule has 8 heteroatoms. The maximum atomic E-state index is 5.32. The quantitative estimate of drug-likeness (QED) is 0.279. The zero-order chi connectivity index (χ0) is 21.5. The highest BCUT2D eigenvalue weighted by molar-refractivity contribution is 14.0. The van der Waals surface area contributed by atoms with E-state index in [1.165, 1.54) is 22.3 Å². The van der Waals surface area contributed by atoms with Gasteiger partial charge >= 0.3 is 0 Å². The minimum Gasteiger partial charge on any atom is -0.384 e. The zero-order valence-electron chi connectivity index (χ0n) is 18.6. The van der Waals surface area contributed by atoms with E-state index in [-0.39, 0.29) is 24.0 Å². The minimum atomic E-state index is 0. The Balaban J connectivity index is 0.00000289. The van der Waals surface area contributed by atoms with Gasteiger partial charge in [0.15, 0.2) is 5.96 Å². The van der Waals surface area contributed by atoms with Crippen LogP contribution in [-0.2, 0) is 17.8 Å². The van der Waals surface area contributed by atoms with Crippen molar-refractivity contribution in [3.63, 3.8) is 0 Å². The van der Waals surface area contributed by atoms with Crippen LogP contribution in [0.3, 0.4) is 0 Å². The molecular weight excluding hydrogens is 515 g/mol. The van der Waals surface area contributed by atoms with Crippen molar-refractivity contribution >= 4 is 29.9 Å². The van der Waals surface area contributed by atoms with Crippen molar-refractivity contribution in [3.05, 3.63) is 72.3 Å². The fourth-order valence-electron chi connectivity index (χ4n) is 4.15. The Morgan fingerprint density at radius 3 is 2.72 bits per heavy atom. The SMILES string of the molecule is CN=C(NCc1ccccc1-c1ccc(Cn2cncn2)cc1)N1CCC(COC)C1.I. The number of hydrogen-bond donors (Lipinski definition) is 1. The van der Waals surface area contributed by atoms with Crippen molar-refractivity contribution in [2.45, 2.75) is 19.5 Å². The summed E-state index contributed by atoms with van der Waals surface area (Å²) in [5.41, 5.74) is 4.89. The van der Waals surface area contributed by atoms with Crippen molar-refractivity contribution in [1.29, 1.82) is 0 Å². The van der Waals surface area contributed by atoms with Gasteiger partial charge in [-0.3, -0.25) is 4.99 Å². The molecule has 170 valence electrons. The number of benzene rings is 2. The summed E-state index contributed by atoms with van der Waals surface area (Å²) in [4.78, 5) is 10.8. The molecule has 0 saturated carbocycles. The summed E-state index contributed by atoms with van der Waals surface area (Å²) in [6, 6.07) is 17.2. The smallest absolute Gasteiger partial charge is 0.193 e. The van der Waals surface area contributed by atoms with E-state index in [2.05, 4.69) is 73.8 Å². The summed E-state index contributed by atoms with van der Waals surface area (Å²) < 4.78 is 7.15. The van der Waals surface area contributed by atoms with Gasteiger partial charge in [0.1, 0.15) is 12.7 Å². The fourth-order valence-corrected chi connectivity index (χ4v) is 4.15. The van der Waals surface area contributed by atoms with Crippen LogP contribution >= 0.6 is 24.0 Å². The lowest BCUT2D eigenvalue weighted by Gasteiger charge is -2.22. The lowest BCUT2D eigenvalue weighted by atomic mass is 9.98. The topological polar surface area (TPSA) is 67.6 Å². The molecule has 3 aromatic rings. The number of guanidine groups is 1. The van der Waals surface area contributed by atoms with Gasteiger partial charge in [-0.15, -0.1) is 24.0 Å². The summed E-state index contributed by atoms with van der Waals surface area (Å²) in [6.07, 6.45) is 4.44. The van der Waals surface area contributed by atoms with Crippen LogP contribution in [0.2, 0.25) is 0 Å². The number of nitrogens with one attached hydrogen (secondary N) is 1. The number of halogens is 1. The van der Waals surface area contributed by atoms with Gasteiger partial charge in [0.25, 0.3) is 0 Å². The first kappa shape index (κ1) is 24.2. The van der Waals surface area contributed by atoms with Gasteiger partial charge in [-0.05, 0) is 28.7 Å². The average molecular weight is 546 g/mol. The first-order valence-electron chi connectivity index (χ1n) is 10.7. The largest absolute Gasteiger partial charge is 0.384 e. The molecule has 1 aliphatic heterocycles. The molecule has 0 aliphatic carbocycles. The molecule has 1 aromatic heterocycles. The lowest BCUT2D eigenvalue weighted by Crippen LogP contribution is -2.39. The maximum absolute atomic E-state index is 5.32. The van der Waals surface area contributed by atoms with E-state index in [0.29, 0.717) is 5.92 Å². The molecule has 0 bridgehead atoms. The van der Waals surface area contributed by atoms with Crippen molar-refractivity contribution in [3.8, 4) is 11.1 Å². The summed E-state index contributed by atoms with van der Waals surface area (Å²) in [5, 5.41) is 7.74. The number of nitrogens with zero attached hydrogens (tertiary/aromatic N) is 5. The van der Waals surface area contributed by atoms with Crippen LogP contribution in [0.25, 0.3) is 11.1 Å². The summed E-state index contributed by atoms with van der Waals surface area (Å²) >= 11 is 0. The van der Waals surface area contributed by atoms with Gasteiger partial charge < -0.3 is 15.0 Å². The molecule has 7 nitrogen and oxygen atoms in total. The third-order valence-corrected chi connectivity index (χ3v) is 5.73. The predicted octanol–water partition coefficient (Wildman–Crippen LogP) is 3.66. The molecular formula is C24H31IN6O. The Kier molecular flexibility index (Phi) is 9.04. The van der Waals surface area contributed by atoms with Crippen molar-refractivity contribution in [2.24, 2.45) is 10.9 Å². The first-order valence-corrected chi connectivity index (χ1v) is 10.7. The number of ether oxygens (including phenoxy) is 1. The van der Waals surface area contributed by atoms with E-state index < -0.39 is 0 Å². The third kappa shape index (κ3) is 6.07. The third-order valence-electron chi connectivity index (χ3n) is 5.73. The molecule has 0 amide bonds. The van der Waals surface area contributed by atoms with Gasteiger partial charge in [-0.25, -0.2) is 9.67 Å². The second-order valence-corrected chi connectivity index (χ2v) is 7.90. The molecule has 1 fully saturated rings. The molecule has 1 atom stereocenters. The van der Waals surface area contributed by atoms with Crippen LogP contribution in [0.15, 0.2) is 66.2 Å². The van der Waals surface area contributed by atoms with Gasteiger partial charge in [-0.2, -0.15) is 5.10 Å². The van der Waals surface area contributed by atoms with E-state index in [0.717, 1.165) is 45.2 Å². The molecule has 0 radical (unpaired) electrons. The highest BCUT2D eigenvalue weighted by atomic mass is 127. The Hall–Kier alpha value is -2.46. The number of rotatable bonds is 7. The summed E-state index contributed by atoms with van der Waals surface area (Å²) in [6.45, 7) is 4.27. The number of hydrogen-bond acceptors (Lipinski definition) is 4. The van der Waals surface area contributed by atoms with E-state index in [1.54, 1.807) is 19.8 Å². The first-order chi connectivity index (χ1) is 15.3. The Morgan fingerprint density at radius 1 is 1.19 bits per heavy atom. The maximum Gasteiger partial charge on any atom is 0.193 e. The predicted molar refractivity (Wildman–Crippen MR) is 138 cm³/mol. The van der Waals surface area contributed by atoms with Crippen LogP contribution < -0.4 is 5.32 Å².